The first-order valence-electron chi connectivity index (χ1n) is 11.0. The summed E-state index contributed by atoms with van der Waals surface area (Å²) in [5, 5.41) is 4.04. The van der Waals surface area contributed by atoms with Crippen LogP contribution in [0.2, 0.25) is 0 Å². The Labute approximate surface area is 184 Å². The van der Waals surface area contributed by atoms with E-state index in [1.165, 1.54) is 38.4 Å². The van der Waals surface area contributed by atoms with Crippen LogP contribution < -0.4 is 0 Å². The number of aromatic nitrogens is 1. The predicted molar refractivity (Wildman–Crippen MR) is 132 cm³/mol. The number of fused-ring (bicyclic) bond motifs is 4. The monoisotopic (exact) mass is 413 g/mol. The van der Waals surface area contributed by atoms with Crippen molar-refractivity contribution < 1.29 is 0 Å². The fourth-order valence-electron chi connectivity index (χ4n) is 5.72. The van der Waals surface area contributed by atoms with E-state index in [2.05, 4.69) is 90.9 Å². The molecule has 30 heavy (non-hydrogen) atoms. The summed E-state index contributed by atoms with van der Waals surface area (Å²) in [5.41, 5.74) is 5.81. The Morgan fingerprint density at radius 1 is 0.900 bits per heavy atom. The molecule has 0 unspecified atom stereocenters. The average Bonchev–Trinajstić information content (AvgIpc) is 3.14. The van der Waals surface area contributed by atoms with Gasteiger partial charge in [0.05, 0.1) is 10.4 Å². The van der Waals surface area contributed by atoms with Crippen LogP contribution in [0, 0.1) is 0 Å². The smallest absolute Gasteiger partial charge is 0.0880 e. The lowest BCUT2D eigenvalue weighted by atomic mass is 9.81. The molecule has 0 N–H and O–H groups in total. The van der Waals surface area contributed by atoms with Gasteiger partial charge in [-0.05, 0) is 57.3 Å². The van der Waals surface area contributed by atoms with Crippen molar-refractivity contribution in [2.75, 3.05) is 0 Å². The summed E-state index contributed by atoms with van der Waals surface area (Å²) in [7, 11) is 0. The fraction of sp³-hybridized carbons (Fsp3) is 0.393. The molecule has 2 aromatic heterocycles. The second-order valence-electron chi connectivity index (χ2n) is 11.3. The molecule has 0 radical (unpaired) electrons. The molecule has 1 aliphatic rings. The van der Waals surface area contributed by atoms with Gasteiger partial charge in [0.25, 0.3) is 0 Å². The van der Waals surface area contributed by atoms with Crippen LogP contribution in [0.4, 0.5) is 0 Å². The maximum Gasteiger partial charge on any atom is 0.0880 e. The minimum atomic E-state index is 0.0741. The van der Waals surface area contributed by atoms with Crippen molar-refractivity contribution in [3.8, 4) is 11.3 Å². The highest BCUT2D eigenvalue weighted by molar-refractivity contribution is 7.20. The lowest BCUT2D eigenvalue weighted by Gasteiger charge is -2.24. The zero-order valence-corrected chi connectivity index (χ0v) is 20.0. The van der Waals surface area contributed by atoms with E-state index in [9.17, 15) is 0 Å². The molecule has 0 fully saturated rings. The van der Waals surface area contributed by atoms with Gasteiger partial charge < -0.3 is 0 Å². The molecule has 0 spiro atoms. The quantitative estimate of drug-likeness (QED) is 0.305. The maximum atomic E-state index is 4.93. The molecule has 0 bridgehead atoms. The highest BCUT2D eigenvalue weighted by atomic mass is 32.1. The van der Waals surface area contributed by atoms with Crippen LogP contribution in [0.1, 0.15) is 70.9 Å². The van der Waals surface area contributed by atoms with E-state index in [0.717, 1.165) is 5.69 Å². The van der Waals surface area contributed by atoms with E-state index in [-0.39, 0.29) is 16.2 Å². The van der Waals surface area contributed by atoms with Gasteiger partial charge in [0.1, 0.15) is 0 Å². The molecule has 2 aromatic carbocycles. The normalized spacial score (nSPS) is 17.6. The SMILES string of the molecule is CC(C)(C)c1cc(-c2nccc3c4c(sc23)C(C)(C)CC4(C)C)cc2ccccc12. The summed E-state index contributed by atoms with van der Waals surface area (Å²) in [6.07, 6.45) is 3.22. The minimum Gasteiger partial charge on any atom is -0.255 e. The highest BCUT2D eigenvalue weighted by Gasteiger charge is 2.45. The van der Waals surface area contributed by atoms with Gasteiger partial charge in [-0.15, -0.1) is 11.3 Å². The van der Waals surface area contributed by atoms with Crippen LogP contribution in [0.3, 0.4) is 0 Å². The zero-order valence-electron chi connectivity index (χ0n) is 19.2. The van der Waals surface area contributed by atoms with Gasteiger partial charge in [0.15, 0.2) is 0 Å². The van der Waals surface area contributed by atoms with Gasteiger partial charge in [-0.1, -0.05) is 72.7 Å². The summed E-state index contributed by atoms with van der Waals surface area (Å²) in [6, 6.07) is 15.7. The van der Waals surface area contributed by atoms with Crippen LogP contribution in [-0.2, 0) is 16.2 Å². The van der Waals surface area contributed by atoms with E-state index < -0.39 is 0 Å². The standard InChI is InChI=1S/C28H31NS/c1-26(2,3)21-15-18(14-17-10-8-9-11-19(17)21)23-24-20(12-13-29-23)22-25(30-24)28(6,7)16-27(22,4)5/h8-15H,16H2,1-7H3. The zero-order chi connectivity index (χ0) is 21.5. The van der Waals surface area contributed by atoms with Crippen molar-refractivity contribution in [1.82, 2.24) is 4.98 Å². The van der Waals surface area contributed by atoms with Crippen molar-refractivity contribution in [2.45, 2.75) is 71.1 Å². The number of rotatable bonds is 1. The molecule has 0 amide bonds. The summed E-state index contributed by atoms with van der Waals surface area (Å²) in [5.74, 6) is 0. The Bertz CT molecular complexity index is 1300. The number of hydrogen-bond donors (Lipinski definition) is 0. The first-order chi connectivity index (χ1) is 14.0. The summed E-state index contributed by atoms with van der Waals surface area (Å²) >= 11 is 1.97. The van der Waals surface area contributed by atoms with Crippen molar-refractivity contribution in [3.05, 3.63) is 64.7 Å². The second-order valence-corrected chi connectivity index (χ2v) is 12.3. The van der Waals surface area contributed by atoms with Gasteiger partial charge in [-0.25, -0.2) is 0 Å². The third-order valence-electron chi connectivity index (χ3n) is 6.72. The molecule has 4 aromatic rings. The van der Waals surface area contributed by atoms with Crippen molar-refractivity contribution in [1.29, 1.82) is 0 Å². The Balaban J connectivity index is 1.83. The van der Waals surface area contributed by atoms with E-state index in [1.807, 2.05) is 17.5 Å². The van der Waals surface area contributed by atoms with Gasteiger partial charge in [-0.2, -0.15) is 0 Å². The number of hydrogen-bond acceptors (Lipinski definition) is 2. The van der Waals surface area contributed by atoms with E-state index in [1.54, 1.807) is 10.4 Å². The van der Waals surface area contributed by atoms with Crippen LogP contribution in [0.5, 0.6) is 0 Å². The number of pyridine rings is 1. The van der Waals surface area contributed by atoms with Crippen molar-refractivity contribution in [2.24, 2.45) is 0 Å². The minimum absolute atomic E-state index is 0.0741. The van der Waals surface area contributed by atoms with Crippen LogP contribution in [0.15, 0.2) is 48.7 Å². The third-order valence-corrected chi connectivity index (χ3v) is 8.30. The van der Waals surface area contributed by atoms with Crippen molar-refractivity contribution in [3.63, 3.8) is 0 Å². The summed E-state index contributed by atoms with van der Waals surface area (Å²) in [6.45, 7) is 16.5. The van der Waals surface area contributed by atoms with Gasteiger partial charge >= 0.3 is 0 Å². The third kappa shape index (κ3) is 2.84. The molecular formula is C28H31NS. The second kappa shape index (κ2) is 6.17. The largest absolute Gasteiger partial charge is 0.255 e. The predicted octanol–water partition coefficient (Wildman–Crippen LogP) is 8.37. The molecule has 2 heterocycles. The van der Waals surface area contributed by atoms with E-state index >= 15 is 0 Å². The molecule has 0 atom stereocenters. The first-order valence-corrected chi connectivity index (χ1v) is 11.8. The Kier molecular flexibility index (Phi) is 4.06. The lowest BCUT2D eigenvalue weighted by molar-refractivity contribution is 0.406. The average molecular weight is 414 g/mol. The van der Waals surface area contributed by atoms with Gasteiger partial charge in [0, 0.05) is 27.4 Å². The maximum absolute atomic E-state index is 4.93. The molecule has 0 saturated carbocycles. The highest BCUT2D eigenvalue weighted by Crippen LogP contribution is 2.56. The van der Waals surface area contributed by atoms with Gasteiger partial charge in [0.2, 0.25) is 0 Å². The molecular weight excluding hydrogens is 382 g/mol. The van der Waals surface area contributed by atoms with E-state index in [4.69, 9.17) is 4.98 Å². The Hall–Kier alpha value is -2.19. The van der Waals surface area contributed by atoms with E-state index in [0.29, 0.717) is 0 Å². The molecule has 154 valence electrons. The summed E-state index contributed by atoms with van der Waals surface area (Å²) in [4.78, 5) is 6.48. The Morgan fingerprint density at radius 2 is 1.63 bits per heavy atom. The molecule has 1 aliphatic carbocycles. The van der Waals surface area contributed by atoms with Crippen LogP contribution in [0.25, 0.3) is 32.1 Å². The number of benzene rings is 2. The molecule has 0 saturated heterocycles. The first kappa shape index (κ1) is 19.8. The molecule has 2 heteroatoms. The molecule has 5 rings (SSSR count). The van der Waals surface area contributed by atoms with Crippen molar-refractivity contribution >= 4 is 32.2 Å². The number of nitrogens with zero attached hydrogens (tertiary/aromatic N) is 1. The summed E-state index contributed by atoms with van der Waals surface area (Å²) < 4.78 is 1.35. The van der Waals surface area contributed by atoms with Crippen LogP contribution in [-0.4, -0.2) is 4.98 Å². The molecule has 0 aliphatic heterocycles. The molecule has 1 nitrogen and oxygen atoms in total. The topological polar surface area (TPSA) is 12.9 Å². The fourth-order valence-corrected chi connectivity index (χ4v) is 7.31. The number of thiophene rings is 1. The van der Waals surface area contributed by atoms with Gasteiger partial charge in [-0.3, -0.25) is 4.98 Å². The Morgan fingerprint density at radius 3 is 2.37 bits per heavy atom. The van der Waals surface area contributed by atoms with Crippen LogP contribution >= 0.6 is 11.3 Å². The lowest BCUT2D eigenvalue weighted by Crippen LogP contribution is -2.18.